The number of ether oxygens (including phenoxy) is 3. The lowest BCUT2D eigenvalue weighted by molar-refractivity contribution is -0.385. The predicted molar refractivity (Wildman–Crippen MR) is 129 cm³/mol. The molecule has 0 spiro atoms. The zero-order chi connectivity index (χ0) is 27.0. The molecule has 0 bridgehead atoms. The SMILES string of the molecule is CCOC(=O)CNc1nc(S(C)(=O)=O)nc(Oc2cc(C#N)ccc2OCc2ccccc2)c1[N+](=O)[O-]. The minimum atomic E-state index is -4.07. The largest absolute Gasteiger partial charge is 0.485 e. The van der Waals surface area contributed by atoms with Crippen LogP contribution in [0.1, 0.15) is 18.1 Å². The average Bonchev–Trinajstić information content (AvgIpc) is 2.86. The maximum absolute atomic E-state index is 12.2. The molecular weight excluding hydrogens is 506 g/mol. The van der Waals surface area contributed by atoms with Gasteiger partial charge in [0.2, 0.25) is 15.7 Å². The number of rotatable bonds is 11. The second kappa shape index (κ2) is 11.8. The van der Waals surface area contributed by atoms with E-state index in [4.69, 9.17) is 14.2 Å². The van der Waals surface area contributed by atoms with Crippen LogP contribution in [0.5, 0.6) is 17.4 Å². The highest BCUT2D eigenvalue weighted by Gasteiger charge is 2.30. The number of nitrogens with zero attached hydrogens (tertiary/aromatic N) is 4. The number of nitro groups is 1. The molecule has 192 valence electrons. The fraction of sp³-hybridized carbons (Fsp3) is 0.217. The number of carbonyl (C=O) groups excluding carboxylic acids is 1. The minimum Gasteiger partial charge on any atom is -0.485 e. The third kappa shape index (κ3) is 7.12. The summed E-state index contributed by atoms with van der Waals surface area (Å²) in [6, 6.07) is 15.2. The van der Waals surface area contributed by atoms with Crippen LogP contribution in [0.15, 0.2) is 53.7 Å². The van der Waals surface area contributed by atoms with Crippen molar-refractivity contribution < 1.29 is 32.3 Å². The van der Waals surface area contributed by atoms with E-state index in [0.717, 1.165) is 11.8 Å². The average molecular weight is 528 g/mol. The van der Waals surface area contributed by atoms with Gasteiger partial charge < -0.3 is 19.5 Å². The summed E-state index contributed by atoms with van der Waals surface area (Å²) in [7, 11) is -4.07. The Morgan fingerprint density at radius 2 is 1.89 bits per heavy atom. The number of aromatic nitrogens is 2. The smallest absolute Gasteiger partial charge is 0.373 e. The summed E-state index contributed by atoms with van der Waals surface area (Å²) < 4.78 is 40.6. The Balaban J connectivity index is 2.07. The van der Waals surface area contributed by atoms with Gasteiger partial charge in [0, 0.05) is 12.3 Å². The highest BCUT2D eigenvalue weighted by atomic mass is 32.2. The van der Waals surface area contributed by atoms with Crippen LogP contribution in [0.3, 0.4) is 0 Å². The molecule has 3 rings (SSSR count). The van der Waals surface area contributed by atoms with Crippen molar-refractivity contribution in [1.29, 1.82) is 5.26 Å². The van der Waals surface area contributed by atoms with Crippen LogP contribution >= 0.6 is 0 Å². The third-order valence-electron chi connectivity index (χ3n) is 4.57. The van der Waals surface area contributed by atoms with Crippen LogP contribution in [0.25, 0.3) is 0 Å². The lowest BCUT2D eigenvalue weighted by Gasteiger charge is -2.14. The lowest BCUT2D eigenvalue weighted by Crippen LogP contribution is -2.19. The number of anilines is 1. The highest BCUT2D eigenvalue weighted by Crippen LogP contribution is 2.39. The van der Waals surface area contributed by atoms with Crippen LogP contribution < -0.4 is 14.8 Å². The number of hydrogen-bond donors (Lipinski definition) is 1. The topological polar surface area (TPSA) is 184 Å². The van der Waals surface area contributed by atoms with E-state index in [-0.39, 0.29) is 30.3 Å². The van der Waals surface area contributed by atoms with Crippen molar-refractivity contribution in [3.05, 3.63) is 69.8 Å². The van der Waals surface area contributed by atoms with Gasteiger partial charge >= 0.3 is 17.5 Å². The summed E-state index contributed by atoms with van der Waals surface area (Å²) in [5, 5.41) is 22.9. The van der Waals surface area contributed by atoms with E-state index in [1.807, 2.05) is 36.4 Å². The summed E-state index contributed by atoms with van der Waals surface area (Å²) in [5.41, 5.74) is 0.117. The molecular formula is C23H21N5O8S. The summed E-state index contributed by atoms with van der Waals surface area (Å²) in [5.74, 6) is -2.10. The van der Waals surface area contributed by atoms with Crippen LogP contribution in [0.4, 0.5) is 11.5 Å². The second-order valence-electron chi connectivity index (χ2n) is 7.35. The van der Waals surface area contributed by atoms with Crippen molar-refractivity contribution in [2.45, 2.75) is 18.7 Å². The van der Waals surface area contributed by atoms with Crippen molar-refractivity contribution in [2.24, 2.45) is 0 Å². The van der Waals surface area contributed by atoms with Gasteiger partial charge in [-0.3, -0.25) is 14.9 Å². The number of hydrogen-bond acceptors (Lipinski definition) is 12. The third-order valence-corrected chi connectivity index (χ3v) is 5.41. The molecule has 0 amide bonds. The molecule has 0 saturated heterocycles. The first-order chi connectivity index (χ1) is 17.6. The van der Waals surface area contributed by atoms with Crippen molar-refractivity contribution in [3.63, 3.8) is 0 Å². The molecule has 1 N–H and O–H groups in total. The number of carbonyl (C=O) groups is 1. The van der Waals surface area contributed by atoms with E-state index >= 15 is 0 Å². The van der Waals surface area contributed by atoms with E-state index < -0.39 is 49.8 Å². The second-order valence-corrected chi connectivity index (χ2v) is 9.26. The van der Waals surface area contributed by atoms with Gasteiger partial charge in [0.15, 0.2) is 11.5 Å². The molecule has 0 atom stereocenters. The number of nitrogens with one attached hydrogen (secondary N) is 1. The van der Waals surface area contributed by atoms with Crippen LogP contribution in [-0.4, -0.2) is 48.7 Å². The monoisotopic (exact) mass is 527 g/mol. The number of nitriles is 1. The van der Waals surface area contributed by atoms with Gasteiger partial charge in [0.1, 0.15) is 13.2 Å². The first-order valence-electron chi connectivity index (χ1n) is 10.7. The Bertz CT molecular complexity index is 1460. The van der Waals surface area contributed by atoms with Crippen LogP contribution in [0.2, 0.25) is 0 Å². The van der Waals surface area contributed by atoms with Crippen molar-refractivity contribution >= 4 is 27.3 Å². The molecule has 13 nitrogen and oxygen atoms in total. The molecule has 0 aliphatic rings. The molecule has 2 aromatic carbocycles. The standard InChI is InChI=1S/C23H21N5O8S/c1-3-34-19(29)13-25-21-20(28(30)31)22(27-23(26-21)37(2,32)33)36-18-11-16(12-24)9-10-17(18)35-14-15-7-5-4-6-8-15/h4-11H,3,13-14H2,1-2H3,(H,25,26,27). The zero-order valence-corrected chi connectivity index (χ0v) is 20.5. The first kappa shape index (κ1) is 26.8. The van der Waals surface area contributed by atoms with Crippen LogP contribution in [-0.2, 0) is 26.0 Å². The van der Waals surface area contributed by atoms with Gasteiger partial charge in [-0.2, -0.15) is 15.2 Å². The molecule has 1 aromatic heterocycles. The molecule has 0 radical (unpaired) electrons. The van der Waals surface area contributed by atoms with Gasteiger partial charge in [-0.15, -0.1) is 0 Å². The fourth-order valence-corrected chi connectivity index (χ4v) is 3.43. The predicted octanol–water partition coefficient (Wildman–Crippen LogP) is 3.01. The highest BCUT2D eigenvalue weighted by molar-refractivity contribution is 7.90. The minimum absolute atomic E-state index is 0.0658. The molecule has 0 saturated carbocycles. The summed E-state index contributed by atoms with van der Waals surface area (Å²) in [6.07, 6.45) is 0.803. The van der Waals surface area contributed by atoms with E-state index in [2.05, 4.69) is 15.3 Å². The quantitative estimate of drug-likeness (QED) is 0.167. The van der Waals surface area contributed by atoms with Crippen molar-refractivity contribution in [3.8, 4) is 23.4 Å². The van der Waals surface area contributed by atoms with Gasteiger partial charge in [-0.25, -0.2) is 8.42 Å². The van der Waals surface area contributed by atoms with E-state index in [0.29, 0.717) is 0 Å². The Hall–Kier alpha value is -4.77. The number of benzene rings is 2. The molecule has 0 fully saturated rings. The molecule has 0 aliphatic heterocycles. The fourth-order valence-electron chi connectivity index (χ4n) is 2.92. The van der Waals surface area contributed by atoms with Gasteiger partial charge in [0.05, 0.1) is 23.2 Å². The van der Waals surface area contributed by atoms with E-state index in [1.165, 1.54) is 18.2 Å². The van der Waals surface area contributed by atoms with Gasteiger partial charge in [0.25, 0.3) is 5.16 Å². The Kier molecular flexibility index (Phi) is 8.54. The molecule has 0 aliphatic carbocycles. The molecule has 1 heterocycles. The summed E-state index contributed by atoms with van der Waals surface area (Å²) >= 11 is 0. The molecule has 14 heteroatoms. The van der Waals surface area contributed by atoms with E-state index in [9.17, 15) is 28.6 Å². The lowest BCUT2D eigenvalue weighted by atomic mass is 10.2. The Morgan fingerprint density at radius 1 is 1.16 bits per heavy atom. The number of sulfone groups is 1. The van der Waals surface area contributed by atoms with Crippen molar-refractivity contribution in [2.75, 3.05) is 24.7 Å². The maximum Gasteiger partial charge on any atom is 0.373 e. The molecule has 3 aromatic rings. The normalized spacial score (nSPS) is 10.7. The van der Waals surface area contributed by atoms with Gasteiger partial charge in [-0.05, 0) is 24.6 Å². The Morgan fingerprint density at radius 3 is 2.51 bits per heavy atom. The molecule has 0 unspecified atom stereocenters. The number of esters is 1. The summed E-state index contributed by atoms with van der Waals surface area (Å²) in [4.78, 5) is 30.3. The molecule has 37 heavy (non-hydrogen) atoms. The first-order valence-corrected chi connectivity index (χ1v) is 12.6. The summed E-state index contributed by atoms with van der Waals surface area (Å²) in [6.45, 7) is 1.21. The van der Waals surface area contributed by atoms with Crippen LogP contribution in [0, 0.1) is 21.4 Å². The van der Waals surface area contributed by atoms with Crippen molar-refractivity contribution in [1.82, 2.24) is 9.97 Å². The zero-order valence-electron chi connectivity index (χ0n) is 19.7. The Labute approximate surface area is 211 Å². The maximum atomic E-state index is 12.2. The van der Waals surface area contributed by atoms with E-state index in [1.54, 1.807) is 6.92 Å². The van der Waals surface area contributed by atoms with Gasteiger partial charge in [-0.1, -0.05) is 30.3 Å².